The Morgan fingerprint density at radius 2 is 1.88 bits per heavy atom. The molecule has 0 aromatic heterocycles. The maximum Gasteiger partial charge on any atom is 1.00 e. The molecule has 2 unspecified atom stereocenters. The number of carbonyl (C=O) groups is 1. The van der Waals surface area contributed by atoms with Gasteiger partial charge in [0.1, 0.15) is 5.54 Å². The Bertz CT molecular complexity index is 664. The van der Waals surface area contributed by atoms with Crippen LogP contribution in [0.5, 0.6) is 0 Å². The Hall–Kier alpha value is -0.325. The van der Waals surface area contributed by atoms with E-state index < -0.39 is 11.5 Å². The average molecular weight is 412 g/mol. The number of carbonyl (C=O) groups excluding carboxylic acids is 1. The van der Waals surface area contributed by atoms with Crippen molar-refractivity contribution in [3.63, 3.8) is 0 Å². The molecule has 3 nitrogen and oxygen atoms in total. The van der Waals surface area contributed by atoms with Gasteiger partial charge in [0.15, 0.2) is 0 Å². The third kappa shape index (κ3) is 4.33. The Kier molecular flexibility index (Phi) is 11.3. The summed E-state index contributed by atoms with van der Waals surface area (Å²) in [4.78, 5) is 12.0. The first-order valence-electron chi connectivity index (χ1n) is 8.72. The summed E-state index contributed by atoms with van der Waals surface area (Å²) in [7, 11) is 0. The molecule has 2 aliphatic rings. The first kappa shape index (κ1) is 24.7. The van der Waals surface area contributed by atoms with Crippen LogP contribution in [0.4, 0.5) is 0 Å². The Morgan fingerprint density at radius 1 is 1.28 bits per heavy atom. The van der Waals surface area contributed by atoms with E-state index in [4.69, 9.17) is 0 Å². The van der Waals surface area contributed by atoms with Crippen LogP contribution in [0.25, 0.3) is 0 Å². The molecule has 2 atom stereocenters. The normalized spacial score (nSPS) is 22.7. The molecular weight excluding hydrogens is 384 g/mol. The molecule has 0 saturated heterocycles. The molecule has 0 aliphatic carbocycles. The second-order valence-corrected chi connectivity index (χ2v) is 5.17. The predicted molar refractivity (Wildman–Crippen MR) is 98.5 cm³/mol. The number of carboxylic acids is 1. The fraction of sp³-hybridized carbons (Fsp3) is 0.381. The van der Waals surface area contributed by atoms with Crippen molar-refractivity contribution in [2.24, 2.45) is 0 Å². The van der Waals surface area contributed by atoms with Crippen LogP contribution in [-0.4, -0.2) is 12.0 Å². The number of hydrogen-bond acceptors (Lipinski definition) is 3. The quantitative estimate of drug-likeness (QED) is 0.777. The van der Waals surface area contributed by atoms with Crippen molar-refractivity contribution in [1.29, 1.82) is 0 Å². The summed E-state index contributed by atoms with van der Waals surface area (Å²) >= 11 is 0. The van der Waals surface area contributed by atoms with Gasteiger partial charge < -0.3 is 9.90 Å². The Labute approximate surface area is 201 Å². The summed E-state index contributed by atoms with van der Waals surface area (Å²) in [6.07, 6.45) is 6.23. The Balaban J connectivity index is 0.00000108. The van der Waals surface area contributed by atoms with E-state index in [1.807, 2.05) is 71.0 Å². The van der Waals surface area contributed by atoms with Crippen LogP contribution in [0.3, 0.4) is 0 Å². The minimum atomic E-state index is -1.25. The topological polar surface area (TPSA) is 52.2 Å². The zero-order chi connectivity index (χ0) is 18.3. The molecule has 3 rings (SSSR count). The second-order valence-electron chi connectivity index (χ2n) is 5.17. The number of aliphatic carboxylic acids is 1. The van der Waals surface area contributed by atoms with E-state index in [-0.39, 0.29) is 64.2 Å². The van der Waals surface area contributed by atoms with Crippen LogP contribution in [0.2, 0.25) is 0 Å². The fourth-order valence-corrected chi connectivity index (χ4v) is 3.41. The smallest absolute Gasteiger partial charge is 0.547 e. The van der Waals surface area contributed by atoms with Gasteiger partial charge in [-0.15, -0.1) is 0 Å². The van der Waals surface area contributed by atoms with Crippen molar-refractivity contribution in [2.45, 2.75) is 52.6 Å². The predicted octanol–water partition coefficient (Wildman–Crippen LogP) is 0.275. The molecule has 0 fully saturated rings. The number of allylic oxidation sites excluding steroid dienone is 1. The summed E-state index contributed by atoms with van der Waals surface area (Å²) in [6, 6.07) is 7.64. The molecular formula is C21H28NO2Rb. The van der Waals surface area contributed by atoms with E-state index in [0.29, 0.717) is 0 Å². The number of benzene rings is 1. The van der Waals surface area contributed by atoms with Crippen LogP contribution in [0.15, 0.2) is 60.2 Å². The molecule has 1 N–H and O–H groups in total. The monoisotopic (exact) mass is 411 g/mol. The molecule has 0 amide bonds. The fourth-order valence-electron chi connectivity index (χ4n) is 3.41. The van der Waals surface area contributed by atoms with Crippen LogP contribution in [-0.2, 0) is 16.8 Å². The van der Waals surface area contributed by atoms with Gasteiger partial charge >= 0.3 is 58.2 Å². The number of hydrogen-bond donors (Lipinski definition) is 1. The van der Waals surface area contributed by atoms with Crippen molar-refractivity contribution in [3.05, 3.63) is 71.3 Å². The zero-order valence-electron chi connectivity index (χ0n) is 16.3. The first-order valence-corrected chi connectivity index (χ1v) is 8.72. The van der Waals surface area contributed by atoms with E-state index in [2.05, 4.69) is 11.9 Å². The molecule has 1 aromatic carbocycles. The van der Waals surface area contributed by atoms with Gasteiger partial charge in [-0.05, 0) is 35.6 Å². The largest absolute Gasteiger partial charge is 1.00 e. The number of carboxylic acid groups (broad SMARTS) is 1. The molecule has 1 aromatic rings. The van der Waals surface area contributed by atoms with Gasteiger partial charge in [0.25, 0.3) is 0 Å². The number of fused-ring (bicyclic) bond motifs is 4. The molecule has 0 spiro atoms. The van der Waals surface area contributed by atoms with Gasteiger partial charge in [-0.2, -0.15) is 0 Å². The number of nitrogens with one attached hydrogen (secondary N) is 1. The van der Waals surface area contributed by atoms with E-state index in [1.165, 1.54) is 0 Å². The van der Waals surface area contributed by atoms with Crippen molar-refractivity contribution < 1.29 is 68.1 Å². The SMILES string of the molecule is C=CC1=C(/C=C\C)C2(C(=O)[O-])NC1Cc1ccccc12.CC.CC.[Rb+]. The van der Waals surface area contributed by atoms with Gasteiger partial charge in [0.05, 0.1) is 5.97 Å². The van der Waals surface area contributed by atoms with Crippen LogP contribution >= 0.6 is 0 Å². The van der Waals surface area contributed by atoms with Crippen molar-refractivity contribution in [3.8, 4) is 0 Å². The van der Waals surface area contributed by atoms with E-state index >= 15 is 0 Å². The molecule has 2 bridgehead atoms. The average Bonchev–Trinajstić information content (AvgIpc) is 2.89. The summed E-state index contributed by atoms with van der Waals surface area (Å²) in [6.45, 7) is 13.7. The Morgan fingerprint density at radius 3 is 2.40 bits per heavy atom. The van der Waals surface area contributed by atoms with Crippen LogP contribution < -0.4 is 68.6 Å². The molecule has 2 heterocycles. The molecule has 0 radical (unpaired) electrons. The molecule has 2 aliphatic heterocycles. The van der Waals surface area contributed by atoms with Crippen LogP contribution in [0, 0.1) is 0 Å². The van der Waals surface area contributed by atoms with Crippen molar-refractivity contribution >= 4 is 5.97 Å². The summed E-state index contributed by atoms with van der Waals surface area (Å²) in [5, 5.41) is 15.2. The maximum absolute atomic E-state index is 12.0. The molecule has 25 heavy (non-hydrogen) atoms. The minimum absolute atomic E-state index is 0. The molecule has 130 valence electrons. The third-order valence-corrected chi connectivity index (χ3v) is 4.19. The summed E-state index contributed by atoms with van der Waals surface area (Å²) in [5.74, 6) is -1.11. The zero-order valence-corrected chi connectivity index (χ0v) is 21.3. The van der Waals surface area contributed by atoms with Gasteiger partial charge in [0.2, 0.25) is 0 Å². The number of rotatable bonds is 3. The van der Waals surface area contributed by atoms with Gasteiger partial charge in [-0.1, -0.05) is 76.8 Å². The van der Waals surface area contributed by atoms with Crippen LogP contribution in [0.1, 0.15) is 45.7 Å². The van der Waals surface area contributed by atoms with Crippen molar-refractivity contribution in [2.75, 3.05) is 0 Å². The van der Waals surface area contributed by atoms with E-state index in [9.17, 15) is 9.90 Å². The van der Waals surface area contributed by atoms with Crippen molar-refractivity contribution in [1.82, 2.24) is 5.32 Å². The molecule has 4 heteroatoms. The van der Waals surface area contributed by atoms with E-state index in [1.54, 1.807) is 6.08 Å². The molecule has 0 saturated carbocycles. The minimum Gasteiger partial charge on any atom is -0.547 e. The van der Waals surface area contributed by atoms with Gasteiger partial charge in [0, 0.05) is 6.04 Å². The van der Waals surface area contributed by atoms with E-state index in [0.717, 1.165) is 28.7 Å². The van der Waals surface area contributed by atoms with Gasteiger partial charge in [-0.3, -0.25) is 5.32 Å². The second kappa shape index (κ2) is 11.4. The third-order valence-electron chi connectivity index (χ3n) is 4.19. The summed E-state index contributed by atoms with van der Waals surface area (Å²) < 4.78 is 0. The van der Waals surface area contributed by atoms with Gasteiger partial charge in [-0.25, -0.2) is 0 Å². The first-order chi connectivity index (χ1) is 11.6. The maximum atomic E-state index is 12.0. The summed E-state index contributed by atoms with van der Waals surface area (Å²) in [5.41, 5.74) is 2.27. The standard InChI is InChI=1S/C17H17NO2.2C2H6.Rb/c1-3-7-14-12(4-2)15-10-11-8-5-6-9-13(11)17(14,18-15)16(19)20;2*1-2;/h3-9,15,18H,2,10H2,1H3,(H,19,20);2*1-2H3;/q;;;+1/p-1/b7-3-;;;.